The third kappa shape index (κ3) is 6.14. The van der Waals surface area contributed by atoms with Crippen molar-refractivity contribution in [3.05, 3.63) is 94.5 Å². The summed E-state index contributed by atoms with van der Waals surface area (Å²) in [7, 11) is 0. The lowest BCUT2D eigenvalue weighted by molar-refractivity contribution is -0.123. The van der Waals surface area contributed by atoms with E-state index in [-0.39, 0.29) is 33.4 Å². The minimum absolute atomic E-state index is 0.0162. The molecule has 0 aromatic heterocycles. The van der Waals surface area contributed by atoms with Gasteiger partial charge in [-0.1, -0.05) is 60.1 Å². The summed E-state index contributed by atoms with van der Waals surface area (Å²) in [5.74, 6) is -2.14. The molecule has 0 aliphatic heterocycles. The molecular formula is C24H18ClF2NO5. The Bertz CT molecular complexity index is 1170. The quantitative estimate of drug-likeness (QED) is 0.352. The van der Waals surface area contributed by atoms with Crippen molar-refractivity contribution in [1.82, 2.24) is 0 Å². The first-order chi connectivity index (χ1) is 15.8. The van der Waals surface area contributed by atoms with Crippen LogP contribution < -0.4 is 10.1 Å². The highest BCUT2D eigenvalue weighted by atomic mass is 35.5. The van der Waals surface area contributed by atoms with Crippen LogP contribution in [0.1, 0.15) is 33.2 Å². The second-order valence-electron chi connectivity index (χ2n) is 6.80. The van der Waals surface area contributed by atoms with Crippen molar-refractivity contribution < 1.29 is 32.6 Å². The Hall–Kier alpha value is -3.78. The van der Waals surface area contributed by atoms with Gasteiger partial charge in [0, 0.05) is 16.8 Å². The van der Waals surface area contributed by atoms with Crippen LogP contribution in [0.2, 0.25) is 5.02 Å². The fourth-order valence-electron chi connectivity index (χ4n) is 2.90. The van der Waals surface area contributed by atoms with E-state index in [2.05, 4.69) is 10.1 Å². The summed E-state index contributed by atoms with van der Waals surface area (Å²) in [6.07, 6.45) is -1.23. The molecule has 170 valence electrons. The fourth-order valence-corrected chi connectivity index (χ4v) is 3.12. The second-order valence-corrected chi connectivity index (χ2v) is 7.21. The van der Waals surface area contributed by atoms with E-state index in [1.807, 2.05) is 0 Å². The van der Waals surface area contributed by atoms with Gasteiger partial charge in [0.1, 0.15) is 5.75 Å². The van der Waals surface area contributed by atoms with Crippen molar-refractivity contribution >= 4 is 34.9 Å². The zero-order valence-corrected chi connectivity index (χ0v) is 18.0. The minimum Gasteiger partial charge on any atom is -0.449 e. The summed E-state index contributed by atoms with van der Waals surface area (Å²) in [5, 5.41) is 2.34. The molecule has 6 nitrogen and oxygen atoms in total. The highest BCUT2D eigenvalue weighted by Crippen LogP contribution is 2.29. The molecule has 0 aliphatic carbocycles. The molecule has 0 bridgehead atoms. The van der Waals surface area contributed by atoms with Crippen LogP contribution in [0, 0.1) is 0 Å². The number of nitrogens with one attached hydrogen (secondary N) is 1. The first kappa shape index (κ1) is 23.9. The van der Waals surface area contributed by atoms with E-state index in [0.717, 1.165) is 0 Å². The fraction of sp³-hybridized carbons (Fsp3) is 0.125. The zero-order valence-electron chi connectivity index (χ0n) is 17.3. The van der Waals surface area contributed by atoms with Gasteiger partial charge in [-0.2, -0.15) is 8.78 Å². The molecule has 3 aromatic rings. The van der Waals surface area contributed by atoms with Crippen LogP contribution >= 0.6 is 11.6 Å². The van der Waals surface area contributed by atoms with Crippen LogP contribution in [0.15, 0.2) is 72.8 Å². The van der Waals surface area contributed by atoms with Crippen molar-refractivity contribution in [3.8, 4) is 5.75 Å². The number of carbonyl (C=O) groups is 3. The molecule has 1 atom stereocenters. The second kappa shape index (κ2) is 10.7. The standard InChI is InChI=1S/C24H18ClF2NO5/c1-14(22(30)28-16-11-12-20(19(25)13-16)33-24(26)27)32-23(31)18-10-6-5-9-17(18)21(29)15-7-3-2-4-8-15/h2-14,24H,1H3,(H,28,30). The first-order valence-corrected chi connectivity index (χ1v) is 10.1. The van der Waals surface area contributed by atoms with E-state index < -0.39 is 24.6 Å². The molecule has 1 amide bonds. The molecule has 0 radical (unpaired) electrons. The maximum Gasteiger partial charge on any atom is 0.387 e. The first-order valence-electron chi connectivity index (χ1n) is 9.71. The van der Waals surface area contributed by atoms with Crippen LogP contribution in [-0.2, 0) is 9.53 Å². The summed E-state index contributed by atoms with van der Waals surface area (Å²) in [6, 6.07) is 18.3. The summed E-state index contributed by atoms with van der Waals surface area (Å²) in [6.45, 7) is -1.69. The van der Waals surface area contributed by atoms with E-state index in [0.29, 0.717) is 5.56 Å². The monoisotopic (exact) mass is 473 g/mol. The normalized spacial score (nSPS) is 11.5. The lowest BCUT2D eigenvalue weighted by atomic mass is 9.98. The predicted octanol–water partition coefficient (Wildman–Crippen LogP) is 5.36. The van der Waals surface area contributed by atoms with E-state index in [9.17, 15) is 23.2 Å². The smallest absolute Gasteiger partial charge is 0.387 e. The van der Waals surface area contributed by atoms with Crippen LogP contribution in [0.4, 0.5) is 14.5 Å². The van der Waals surface area contributed by atoms with Crippen molar-refractivity contribution in [2.75, 3.05) is 5.32 Å². The highest BCUT2D eigenvalue weighted by molar-refractivity contribution is 6.32. The number of rotatable bonds is 8. The topological polar surface area (TPSA) is 81.7 Å². The lowest BCUT2D eigenvalue weighted by Gasteiger charge is -2.15. The number of ketones is 1. The molecule has 9 heteroatoms. The van der Waals surface area contributed by atoms with Crippen molar-refractivity contribution in [1.29, 1.82) is 0 Å². The van der Waals surface area contributed by atoms with Crippen molar-refractivity contribution in [2.24, 2.45) is 0 Å². The zero-order chi connectivity index (χ0) is 24.0. The molecule has 0 saturated carbocycles. The van der Waals surface area contributed by atoms with Gasteiger partial charge in [0.05, 0.1) is 10.6 Å². The van der Waals surface area contributed by atoms with Crippen LogP contribution in [0.5, 0.6) is 5.75 Å². The Morgan fingerprint density at radius 1 is 0.909 bits per heavy atom. The molecule has 0 fully saturated rings. The number of esters is 1. The molecule has 0 spiro atoms. The van der Waals surface area contributed by atoms with Gasteiger partial charge >= 0.3 is 12.6 Å². The average molecular weight is 474 g/mol. The van der Waals surface area contributed by atoms with Crippen molar-refractivity contribution in [3.63, 3.8) is 0 Å². The third-order valence-corrected chi connectivity index (χ3v) is 4.79. The van der Waals surface area contributed by atoms with Gasteiger partial charge in [0.25, 0.3) is 5.91 Å². The number of benzene rings is 3. The molecule has 0 heterocycles. The Kier molecular flexibility index (Phi) is 7.74. The molecule has 1 N–H and O–H groups in total. The van der Waals surface area contributed by atoms with E-state index in [1.165, 1.54) is 37.3 Å². The van der Waals surface area contributed by atoms with Gasteiger partial charge in [-0.15, -0.1) is 0 Å². The third-order valence-electron chi connectivity index (χ3n) is 4.50. The van der Waals surface area contributed by atoms with Gasteiger partial charge in [-0.25, -0.2) is 4.79 Å². The van der Waals surface area contributed by atoms with Crippen LogP contribution in [0.3, 0.4) is 0 Å². The van der Waals surface area contributed by atoms with Crippen LogP contribution in [0.25, 0.3) is 0 Å². The van der Waals surface area contributed by atoms with E-state index in [1.54, 1.807) is 42.5 Å². The number of ether oxygens (including phenoxy) is 2. The molecule has 3 aromatic carbocycles. The average Bonchev–Trinajstić information content (AvgIpc) is 2.80. The number of carbonyl (C=O) groups excluding carboxylic acids is 3. The van der Waals surface area contributed by atoms with Gasteiger partial charge in [0.15, 0.2) is 11.9 Å². The number of anilines is 1. The van der Waals surface area contributed by atoms with Crippen LogP contribution in [-0.4, -0.2) is 30.4 Å². The highest BCUT2D eigenvalue weighted by Gasteiger charge is 2.23. The molecule has 33 heavy (non-hydrogen) atoms. The summed E-state index contributed by atoms with van der Waals surface area (Å²) in [4.78, 5) is 38.0. The van der Waals surface area contributed by atoms with Gasteiger partial charge < -0.3 is 14.8 Å². The molecular weight excluding hydrogens is 456 g/mol. The lowest BCUT2D eigenvalue weighted by Crippen LogP contribution is -2.30. The molecule has 0 aliphatic rings. The Morgan fingerprint density at radius 3 is 2.18 bits per heavy atom. The number of alkyl halides is 2. The number of hydrogen-bond acceptors (Lipinski definition) is 5. The maximum atomic E-state index is 12.8. The SMILES string of the molecule is CC(OC(=O)c1ccccc1C(=O)c1ccccc1)C(=O)Nc1ccc(OC(F)F)c(Cl)c1. The Balaban J connectivity index is 1.69. The Labute approximate surface area is 193 Å². The maximum absolute atomic E-state index is 12.8. The minimum atomic E-state index is -3.04. The number of hydrogen-bond donors (Lipinski definition) is 1. The number of amides is 1. The summed E-state index contributed by atoms with van der Waals surface area (Å²) < 4.78 is 34.2. The largest absolute Gasteiger partial charge is 0.449 e. The molecule has 3 rings (SSSR count). The van der Waals surface area contributed by atoms with Gasteiger partial charge in [-0.3, -0.25) is 9.59 Å². The summed E-state index contributed by atoms with van der Waals surface area (Å²) in [5.41, 5.74) is 0.749. The summed E-state index contributed by atoms with van der Waals surface area (Å²) >= 11 is 5.87. The Morgan fingerprint density at radius 2 is 1.55 bits per heavy atom. The molecule has 0 saturated heterocycles. The molecule has 1 unspecified atom stereocenters. The van der Waals surface area contributed by atoms with Gasteiger partial charge in [0.2, 0.25) is 0 Å². The van der Waals surface area contributed by atoms with Gasteiger partial charge in [-0.05, 0) is 31.2 Å². The van der Waals surface area contributed by atoms with Crippen molar-refractivity contribution in [2.45, 2.75) is 19.6 Å². The number of halogens is 3. The van der Waals surface area contributed by atoms with E-state index >= 15 is 0 Å². The predicted molar refractivity (Wildman–Crippen MR) is 118 cm³/mol. The van der Waals surface area contributed by atoms with E-state index in [4.69, 9.17) is 16.3 Å².